The molecule has 0 aromatic heterocycles. The molecule has 0 aliphatic carbocycles. The van der Waals surface area contributed by atoms with Crippen molar-refractivity contribution < 1.29 is 19.2 Å². The number of nitrogens with zero attached hydrogens (tertiary/aromatic N) is 1. The van der Waals surface area contributed by atoms with Crippen LogP contribution in [0.25, 0.3) is 0 Å². The summed E-state index contributed by atoms with van der Waals surface area (Å²) < 4.78 is 0. The van der Waals surface area contributed by atoms with Crippen LogP contribution in [0.1, 0.15) is 12.8 Å². The van der Waals surface area contributed by atoms with Crippen molar-refractivity contribution in [2.75, 3.05) is 0 Å². The summed E-state index contributed by atoms with van der Waals surface area (Å²) in [4.78, 5) is 35.6. The maximum atomic E-state index is 10.7. The van der Waals surface area contributed by atoms with Gasteiger partial charge in [0, 0.05) is 12.8 Å². The molecule has 0 saturated carbocycles. The zero-order valence-electron chi connectivity index (χ0n) is 5.57. The average molecular weight is 153 g/mol. The number of carbonyl (C=O) groups is 3. The van der Waals surface area contributed by atoms with Crippen LogP contribution in [0, 0.1) is 0 Å². The van der Waals surface area contributed by atoms with Crippen molar-refractivity contribution in [2.45, 2.75) is 12.8 Å². The largest absolute Gasteiger partial charge is 0.344 e. The van der Waals surface area contributed by atoms with Gasteiger partial charge in [0.1, 0.15) is 0 Å². The van der Waals surface area contributed by atoms with Crippen LogP contribution < -0.4 is 0 Å². The van der Waals surface area contributed by atoms with E-state index in [9.17, 15) is 14.4 Å². The molecule has 0 spiro atoms. The van der Waals surface area contributed by atoms with Gasteiger partial charge in [0.05, 0.1) is 0 Å². The predicted octanol–water partition coefficient (Wildman–Crippen LogP) is -0.645. The molecule has 0 bridgehead atoms. The number of amides is 2. The second-order valence-electron chi connectivity index (χ2n) is 1.99. The van der Waals surface area contributed by atoms with Gasteiger partial charge in [-0.05, 0) is 0 Å². The molecule has 1 heterocycles. The molecular weight excluding hydrogens is 149 g/mol. The third-order valence-electron chi connectivity index (χ3n) is 1.19. The number of hydrogen-bond acceptors (Lipinski definition) is 4. The molecule has 1 saturated heterocycles. The van der Waals surface area contributed by atoms with E-state index in [1.165, 1.54) is 0 Å². The first kappa shape index (κ1) is 7.78. The minimum absolute atomic E-state index is 0.0755. The normalized spacial score (nSPS) is 17.3. The van der Waals surface area contributed by atoms with Crippen molar-refractivity contribution >= 4 is 25.5 Å². The molecule has 1 rings (SSSR count). The maximum absolute atomic E-state index is 10.7. The topological polar surface area (TPSA) is 63.7 Å². The molecule has 1 aliphatic rings. The monoisotopic (exact) mass is 153 g/mol. The quantitative estimate of drug-likeness (QED) is 0.371. The van der Waals surface area contributed by atoms with Crippen molar-refractivity contribution in [2.24, 2.45) is 0 Å². The minimum Gasteiger partial charge on any atom is -0.344 e. The molecule has 56 valence electrons. The van der Waals surface area contributed by atoms with Crippen LogP contribution in [-0.2, 0) is 14.4 Å². The van der Waals surface area contributed by atoms with Gasteiger partial charge in [-0.3, -0.25) is 14.4 Å². The number of hydroxylamine groups is 2. The van der Waals surface area contributed by atoms with E-state index in [-0.39, 0.29) is 12.8 Å². The van der Waals surface area contributed by atoms with E-state index >= 15 is 0 Å². The second-order valence-corrected chi connectivity index (χ2v) is 1.99. The van der Waals surface area contributed by atoms with E-state index in [1.807, 2.05) is 0 Å². The molecule has 11 heavy (non-hydrogen) atoms. The summed E-state index contributed by atoms with van der Waals surface area (Å²) in [6, 6.07) is 0. The van der Waals surface area contributed by atoms with Crippen LogP contribution in [0.3, 0.4) is 0 Å². The molecule has 0 unspecified atom stereocenters. The Morgan fingerprint density at radius 3 is 2.18 bits per heavy atom. The molecule has 2 radical (unpaired) electrons. The van der Waals surface area contributed by atoms with Crippen molar-refractivity contribution in [3.05, 3.63) is 0 Å². The molecule has 1 aliphatic heterocycles. The summed E-state index contributed by atoms with van der Waals surface area (Å²) in [5.41, 5.74) is 0. The second kappa shape index (κ2) is 2.73. The standard InChI is InChI=1S/C5H4BNO4/c6-5(10)11-7-3(8)1-2-4(7)9/h1-2H2. The summed E-state index contributed by atoms with van der Waals surface area (Å²) in [7, 11) is 4.59. The van der Waals surface area contributed by atoms with E-state index in [0.717, 1.165) is 0 Å². The van der Waals surface area contributed by atoms with Gasteiger partial charge >= 0.3 is 0 Å². The Hall–Kier alpha value is -1.33. The molecule has 0 aromatic rings. The Morgan fingerprint density at radius 1 is 1.36 bits per heavy atom. The van der Waals surface area contributed by atoms with Crippen molar-refractivity contribution in [3.63, 3.8) is 0 Å². The van der Waals surface area contributed by atoms with Crippen molar-refractivity contribution in [1.82, 2.24) is 5.06 Å². The SMILES string of the molecule is [B]C(=O)ON1C(=O)CCC1=O. The van der Waals surface area contributed by atoms with Crippen LogP contribution in [0.2, 0.25) is 0 Å². The highest BCUT2D eigenvalue weighted by Gasteiger charge is 2.31. The van der Waals surface area contributed by atoms with Crippen molar-refractivity contribution in [3.8, 4) is 0 Å². The van der Waals surface area contributed by atoms with Crippen LogP contribution in [0.5, 0.6) is 0 Å². The zero-order chi connectivity index (χ0) is 8.43. The fourth-order valence-electron chi connectivity index (χ4n) is 0.748. The van der Waals surface area contributed by atoms with Gasteiger partial charge in [0.15, 0.2) is 0 Å². The Labute approximate surface area is 63.7 Å². The molecule has 1 fully saturated rings. The van der Waals surface area contributed by atoms with E-state index < -0.39 is 17.7 Å². The molecular formula is C5H4BNO4. The average Bonchev–Trinajstić information content (AvgIpc) is 2.18. The molecule has 0 aromatic carbocycles. The van der Waals surface area contributed by atoms with Crippen LogP contribution >= 0.6 is 0 Å². The maximum Gasteiger partial charge on any atom is 0.266 e. The Morgan fingerprint density at radius 2 is 1.82 bits per heavy atom. The van der Waals surface area contributed by atoms with Crippen molar-refractivity contribution in [1.29, 1.82) is 0 Å². The lowest BCUT2D eigenvalue weighted by atomic mass is 10.2. The zero-order valence-corrected chi connectivity index (χ0v) is 5.57. The number of imide groups is 1. The van der Waals surface area contributed by atoms with Gasteiger partial charge < -0.3 is 4.84 Å². The van der Waals surface area contributed by atoms with Gasteiger partial charge in [-0.1, -0.05) is 0 Å². The summed E-state index contributed by atoms with van der Waals surface area (Å²) in [5, 5.41) is 0.391. The summed E-state index contributed by atoms with van der Waals surface area (Å²) in [6.45, 7) is 0. The number of rotatable bonds is 1. The molecule has 5 nitrogen and oxygen atoms in total. The number of hydrogen-bond donors (Lipinski definition) is 0. The summed E-state index contributed by atoms with van der Waals surface area (Å²) >= 11 is 0. The fourth-order valence-corrected chi connectivity index (χ4v) is 0.748. The highest BCUT2D eigenvalue weighted by atomic mass is 16.7. The van der Waals surface area contributed by atoms with Gasteiger partial charge in [0.2, 0.25) is 7.85 Å². The summed E-state index contributed by atoms with van der Waals surface area (Å²) in [5.74, 6) is -2.23. The highest BCUT2D eigenvalue weighted by Crippen LogP contribution is 2.11. The lowest BCUT2D eigenvalue weighted by molar-refractivity contribution is -0.169. The van der Waals surface area contributed by atoms with Gasteiger partial charge in [-0.2, -0.15) is 0 Å². The molecule has 0 atom stereocenters. The first-order chi connectivity index (χ1) is 5.11. The first-order valence-corrected chi connectivity index (χ1v) is 2.94. The van der Waals surface area contributed by atoms with Gasteiger partial charge in [-0.25, -0.2) is 0 Å². The number of carbonyl (C=O) groups excluding carboxylic acids is 3. The van der Waals surface area contributed by atoms with Gasteiger partial charge in [0.25, 0.3) is 17.7 Å². The van der Waals surface area contributed by atoms with Crippen LogP contribution in [0.4, 0.5) is 4.79 Å². The lowest BCUT2D eigenvalue weighted by Gasteiger charge is -2.10. The third kappa shape index (κ3) is 1.57. The van der Waals surface area contributed by atoms with E-state index in [2.05, 4.69) is 12.7 Å². The van der Waals surface area contributed by atoms with E-state index in [0.29, 0.717) is 5.06 Å². The van der Waals surface area contributed by atoms with E-state index in [4.69, 9.17) is 0 Å². The first-order valence-electron chi connectivity index (χ1n) is 2.94. The Bertz CT molecular complexity index is 211. The van der Waals surface area contributed by atoms with Crippen LogP contribution in [0.15, 0.2) is 0 Å². The Balaban J connectivity index is 2.62. The minimum atomic E-state index is -1.16. The Kier molecular flexibility index (Phi) is 1.93. The van der Waals surface area contributed by atoms with E-state index in [1.54, 1.807) is 0 Å². The smallest absolute Gasteiger partial charge is 0.266 e. The van der Waals surface area contributed by atoms with Crippen LogP contribution in [-0.4, -0.2) is 30.6 Å². The fraction of sp³-hybridized carbons (Fsp3) is 0.400. The third-order valence-corrected chi connectivity index (χ3v) is 1.19. The lowest BCUT2D eigenvalue weighted by Crippen LogP contribution is -2.31. The summed E-state index contributed by atoms with van der Waals surface area (Å²) in [6.07, 6.45) is 0.151. The highest BCUT2D eigenvalue weighted by molar-refractivity contribution is 6.55. The van der Waals surface area contributed by atoms with Gasteiger partial charge in [-0.15, -0.1) is 5.06 Å². The molecule has 6 heteroatoms. The molecule has 2 amide bonds. The predicted molar refractivity (Wildman–Crippen MR) is 33.3 cm³/mol. The molecule has 0 N–H and O–H groups in total.